The highest BCUT2D eigenvalue weighted by Crippen LogP contribution is 2.33. The smallest absolute Gasteiger partial charge is 0.379 e. The first-order valence-electron chi connectivity index (χ1n) is 6.89. The maximum atomic E-state index is 11.9. The molecule has 4 nitrogen and oxygen atoms in total. The number of ether oxygens (including phenoxy) is 3. The summed E-state index contributed by atoms with van der Waals surface area (Å²) in [6.07, 6.45) is -0.0905. The topological polar surface area (TPSA) is 44.8 Å². The Morgan fingerprint density at radius 1 is 1.14 bits per heavy atom. The first-order valence-corrected chi connectivity index (χ1v) is 6.89. The van der Waals surface area contributed by atoms with Crippen LogP contribution >= 0.6 is 0 Å². The lowest BCUT2D eigenvalue weighted by molar-refractivity contribution is -0.137. The Kier molecular flexibility index (Phi) is 4.36. The normalized spacial score (nSPS) is 17.1. The Morgan fingerprint density at radius 3 is 2.29 bits per heavy atom. The van der Waals surface area contributed by atoms with E-state index in [4.69, 9.17) is 14.2 Å². The number of carbonyl (C=O) groups excluding carboxylic acids is 1. The third-order valence-corrected chi connectivity index (χ3v) is 3.14. The number of hydrogen-bond donors (Lipinski definition) is 0. The van der Waals surface area contributed by atoms with Gasteiger partial charge in [0.25, 0.3) is 0 Å². The molecule has 0 saturated heterocycles. The van der Waals surface area contributed by atoms with E-state index in [0.29, 0.717) is 17.1 Å². The second-order valence-electron chi connectivity index (χ2n) is 5.24. The third-order valence-electron chi connectivity index (χ3n) is 3.14. The van der Waals surface area contributed by atoms with Crippen LogP contribution in [0.4, 0.5) is 0 Å². The summed E-state index contributed by atoms with van der Waals surface area (Å²) < 4.78 is 16.3. The fourth-order valence-corrected chi connectivity index (χ4v) is 2.11. The monoisotopic (exact) mass is 288 g/mol. The van der Waals surface area contributed by atoms with Crippen LogP contribution in [0.5, 0.6) is 0 Å². The van der Waals surface area contributed by atoms with Crippen LogP contribution in [-0.2, 0) is 19.0 Å². The molecule has 0 fully saturated rings. The number of cyclic esters (lactones) is 1. The molecule has 112 valence electrons. The lowest BCUT2D eigenvalue weighted by Gasteiger charge is -2.10. The largest absolute Gasteiger partial charge is 0.492 e. The van der Waals surface area contributed by atoms with Crippen LogP contribution < -0.4 is 0 Å². The third kappa shape index (κ3) is 3.10. The number of rotatable bonds is 4. The molecule has 0 saturated carbocycles. The minimum Gasteiger partial charge on any atom is -0.492 e. The van der Waals surface area contributed by atoms with Gasteiger partial charge in [-0.1, -0.05) is 29.8 Å². The van der Waals surface area contributed by atoms with Gasteiger partial charge in [-0.05, 0) is 27.7 Å². The maximum Gasteiger partial charge on any atom is 0.379 e. The summed E-state index contributed by atoms with van der Waals surface area (Å²) in [6.45, 7) is 7.54. The Balaban J connectivity index is 2.48. The molecule has 1 aliphatic rings. The molecule has 0 atom stereocenters. The van der Waals surface area contributed by atoms with E-state index in [2.05, 4.69) is 0 Å². The van der Waals surface area contributed by atoms with Crippen molar-refractivity contribution in [2.75, 3.05) is 7.11 Å². The van der Waals surface area contributed by atoms with E-state index >= 15 is 0 Å². The number of hydrogen-bond acceptors (Lipinski definition) is 4. The Labute approximate surface area is 125 Å². The van der Waals surface area contributed by atoms with E-state index in [-0.39, 0.29) is 11.9 Å². The van der Waals surface area contributed by atoms with Crippen LogP contribution in [0.2, 0.25) is 0 Å². The zero-order chi connectivity index (χ0) is 15.6. The Morgan fingerprint density at radius 2 is 1.76 bits per heavy atom. The first kappa shape index (κ1) is 15.2. The summed E-state index contributed by atoms with van der Waals surface area (Å²) in [4.78, 5) is 11.9. The summed E-state index contributed by atoms with van der Waals surface area (Å²) in [5, 5.41) is 0. The minimum atomic E-state index is -0.474. The van der Waals surface area contributed by atoms with Crippen LogP contribution in [0.3, 0.4) is 0 Å². The molecule has 0 N–H and O–H groups in total. The summed E-state index contributed by atoms with van der Waals surface area (Å²) in [6, 6.07) is 7.83. The van der Waals surface area contributed by atoms with Crippen LogP contribution in [0.15, 0.2) is 41.4 Å². The summed E-state index contributed by atoms with van der Waals surface area (Å²) in [5.74, 6) is 0.727. The van der Waals surface area contributed by atoms with E-state index < -0.39 is 5.97 Å². The van der Waals surface area contributed by atoms with Crippen LogP contribution in [0.25, 0.3) is 5.76 Å². The van der Waals surface area contributed by atoms with Crippen molar-refractivity contribution >= 4 is 11.7 Å². The molecular weight excluding hydrogens is 268 g/mol. The molecule has 2 rings (SSSR count). The molecule has 1 aromatic carbocycles. The van der Waals surface area contributed by atoms with Crippen molar-refractivity contribution in [3.63, 3.8) is 0 Å². The van der Waals surface area contributed by atoms with Crippen molar-refractivity contribution in [2.24, 2.45) is 0 Å². The van der Waals surface area contributed by atoms with Gasteiger partial charge in [-0.25, -0.2) is 4.79 Å². The average Bonchev–Trinajstić information content (AvgIpc) is 2.70. The minimum absolute atomic E-state index is 0.0905. The number of carbonyl (C=O) groups is 1. The van der Waals surface area contributed by atoms with E-state index in [1.807, 2.05) is 45.0 Å². The van der Waals surface area contributed by atoms with Gasteiger partial charge in [0.1, 0.15) is 0 Å². The van der Waals surface area contributed by atoms with Crippen molar-refractivity contribution in [1.29, 1.82) is 0 Å². The average molecular weight is 288 g/mol. The predicted octanol–water partition coefficient (Wildman–Crippen LogP) is 3.57. The van der Waals surface area contributed by atoms with Gasteiger partial charge in [-0.3, -0.25) is 0 Å². The quantitative estimate of drug-likeness (QED) is 0.627. The summed E-state index contributed by atoms with van der Waals surface area (Å²) in [5.41, 5.74) is 2.67. The van der Waals surface area contributed by atoms with Crippen molar-refractivity contribution in [2.45, 2.75) is 33.8 Å². The molecule has 1 heterocycles. The van der Waals surface area contributed by atoms with Crippen molar-refractivity contribution < 1.29 is 19.0 Å². The number of allylic oxidation sites excluding steroid dienone is 1. The van der Waals surface area contributed by atoms with Crippen molar-refractivity contribution in [3.8, 4) is 0 Å². The van der Waals surface area contributed by atoms with Gasteiger partial charge in [-0.15, -0.1) is 0 Å². The van der Waals surface area contributed by atoms with Gasteiger partial charge in [-0.2, -0.15) is 0 Å². The zero-order valence-electron chi connectivity index (χ0n) is 13.0. The molecule has 0 amide bonds. The maximum absolute atomic E-state index is 11.9. The Hall–Kier alpha value is -2.23. The second kappa shape index (κ2) is 6.04. The molecule has 0 aromatic heterocycles. The fraction of sp³-hybridized carbons (Fsp3) is 0.353. The SMILES string of the molecule is CO/C(=C1\OC(=O)C(OC(C)C)=C1C)c1ccc(C)cc1. The van der Waals surface area contributed by atoms with E-state index in [9.17, 15) is 4.79 Å². The van der Waals surface area contributed by atoms with E-state index in [1.165, 1.54) is 0 Å². The van der Waals surface area contributed by atoms with Crippen LogP contribution in [0.1, 0.15) is 31.9 Å². The zero-order valence-corrected chi connectivity index (χ0v) is 13.0. The molecule has 0 aliphatic carbocycles. The highest BCUT2D eigenvalue weighted by molar-refractivity contribution is 5.94. The van der Waals surface area contributed by atoms with Crippen molar-refractivity contribution in [1.82, 2.24) is 0 Å². The predicted molar refractivity (Wildman–Crippen MR) is 80.1 cm³/mol. The van der Waals surface area contributed by atoms with E-state index in [0.717, 1.165) is 11.1 Å². The van der Waals surface area contributed by atoms with Crippen LogP contribution in [-0.4, -0.2) is 19.2 Å². The van der Waals surface area contributed by atoms with Gasteiger partial charge in [0.05, 0.1) is 13.2 Å². The highest BCUT2D eigenvalue weighted by Gasteiger charge is 2.32. The number of aryl methyl sites for hydroxylation is 1. The van der Waals surface area contributed by atoms with Gasteiger partial charge in [0.15, 0.2) is 11.5 Å². The number of benzene rings is 1. The fourth-order valence-electron chi connectivity index (χ4n) is 2.11. The Bertz CT molecular complexity index is 606. The van der Waals surface area contributed by atoms with Crippen LogP contribution in [0, 0.1) is 6.92 Å². The summed E-state index contributed by atoms with van der Waals surface area (Å²) in [7, 11) is 1.56. The molecule has 0 radical (unpaired) electrons. The lowest BCUT2D eigenvalue weighted by Crippen LogP contribution is -2.08. The van der Waals surface area contributed by atoms with Gasteiger partial charge in [0.2, 0.25) is 5.76 Å². The van der Waals surface area contributed by atoms with Crippen molar-refractivity contribution in [3.05, 3.63) is 52.5 Å². The number of esters is 1. The van der Waals surface area contributed by atoms with E-state index in [1.54, 1.807) is 14.0 Å². The molecule has 0 spiro atoms. The molecule has 4 heteroatoms. The van der Waals surface area contributed by atoms with Gasteiger partial charge >= 0.3 is 5.97 Å². The van der Waals surface area contributed by atoms with Gasteiger partial charge < -0.3 is 14.2 Å². The molecule has 1 aromatic rings. The molecule has 1 aliphatic heterocycles. The standard InChI is InChI=1S/C17H20O4/c1-10(2)20-15-12(4)14(21-17(15)18)16(19-5)13-8-6-11(3)7-9-13/h6-10H,1-5H3/b16-14-. The van der Waals surface area contributed by atoms with Gasteiger partial charge in [0, 0.05) is 11.1 Å². The lowest BCUT2D eigenvalue weighted by atomic mass is 10.1. The number of methoxy groups -OCH3 is 1. The molecule has 21 heavy (non-hydrogen) atoms. The second-order valence-corrected chi connectivity index (χ2v) is 5.24. The molecule has 0 bridgehead atoms. The summed E-state index contributed by atoms with van der Waals surface area (Å²) >= 11 is 0. The first-order chi connectivity index (χ1) is 9.93. The molecular formula is C17H20O4. The highest BCUT2D eigenvalue weighted by atomic mass is 16.6. The molecule has 0 unspecified atom stereocenters.